The van der Waals surface area contributed by atoms with Crippen LogP contribution in [-0.2, 0) is 16.0 Å². The van der Waals surface area contributed by atoms with E-state index in [-0.39, 0.29) is 0 Å². The molecule has 0 spiro atoms. The van der Waals surface area contributed by atoms with E-state index in [1.165, 1.54) is 0 Å². The van der Waals surface area contributed by atoms with Gasteiger partial charge < -0.3 is 24.4 Å². The number of nitrogens with one attached hydrogen (secondary N) is 1. The van der Waals surface area contributed by atoms with Crippen LogP contribution in [0, 0.1) is 5.92 Å². The molecule has 1 atom stereocenters. The van der Waals surface area contributed by atoms with Gasteiger partial charge in [0.05, 0.1) is 19.8 Å². The topological polar surface area (TPSA) is 55.3 Å². The van der Waals surface area contributed by atoms with Crippen molar-refractivity contribution >= 4 is 5.96 Å². The summed E-state index contributed by atoms with van der Waals surface area (Å²) < 4.78 is 16.1. The van der Waals surface area contributed by atoms with Crippen molar-refractivity contribution in [3.8, 4) is 5.75 Å². The van der Waals surface area contributed by atoms with Gasteiger partial charge in [-0.05, 0) is 31.0 Å². The first kappa shape index (κ1) is 19.5. The SMILES string of the molecule is CCNC(=NCc1cccc(OCCOC)c1)N(C)CC1CCOC1. The number of methoxy groups -OCH3 is 1. The van der Waals surface area contributed by atoms with Crippen LogP contribution in [0.5, 0.6) is 5.75 Å². The summed E-state index contributed by atoms with van der Waals surface area (Å²) in [5, 5.41) is 3.37. The van der Waals surface area contributed by atoms with Gasteiger partial charge in [-0.1, -0.05) is 12.1 Å². The van der Waals surface area contributed by atoms with E-state index >= 15 is 0 Å². The van der Waals surface area contributed by atoms with Gasteiger partial charge in [0.15, 0.2) is 5.96 Å². The molecule has 1 aliphatic rings. The molecular weight excluding hydrogens is 318 g/mol. The minimum Gasteiger partial charge on any atom is -0.491 e. The molecule has 0 radical (unpaired) electrons. The third kappa shape index (κ3) is 6.92. The van der Waals surface area contributed by atoms with Crippen molar-refractivity contribution in [1.29, 1.82) is 0 Å². The molecule has 2 rings (SSSR count). The Kier molecular flexibility index (Phi) is 8.55. The number of ether oxygens (including phenoxy) is 3. The highest BCUT2D eigenvalue weighted by molar-refractivity contribution is 5.79. The van der Waals surface area contributed by atoms with Gasteiger partial charge >= 0.3 is 0 Å². The lowest BCUT2D eigenvalue weighted by atomic mass is 10.1. The zero-order valence-electron chi connectivity index (χ0n) is 15.7. The Labute approximate surface area is 151 Å². The van der Waals surface area contributed by atoms with Crippen molar-refractivity contribution in [1.82, 2.24) is 10.2 Å². The number of nitrogens with zero attached hydrogens (tertiary/aromatic N) is 2. The molecule has 140 valence electrons. The van der Waals surface area contributed by atoms with Crippen molar-refractivity contribution in [2.75, 3.05) is 53.7 Å². The molecule has 0 aromatic heterocycles. The minimum atomic E-state index is 0.554. The third-order valence-electron chi connectivity index (χ3n) is 4.12. The van der Waals surface area contributed by atoms with E-state index < -0.39 is 0 Å². The largest absolute Gasteiger partial charge is 0.491 e. The van der Waals surface area contributed by atoms with E-state index in [2.05, 4.69) is 30.3 Å². The van der Waals surface area contributed by atoms with Crippen LogP contribution in [0.3, 0.4) is 0 Å². The van der Waals surface area contributed by atoms with E-state index in [4.69, 9.17) is 19.2 Å². The second-order valence-corrected chi connectivity index (χ2v) is 6.27. The smallest absolute Gasteiger partial charge is 0.193 e. The van der Waals surface area contributed by atoms with Crippen LogP contribution in [0.15, 0.2) is 29.3 Å². The second kappa shape index (κ2) is 10.9. The lowest BCUT2D eigenvalue weighted by Gasteiger charge is -2.24. The first-order valence-corrected chi connectivity index (χ1v) is 9.00. The summed E-state index contributed by atoms with van der Waals surface area (Å²) in [6, 6.07) is 8.06. The highest BCUT2D eigenvalue weighted by Gasteiger charge is 2.19. The van der Waals surface area contributed by atoms with Crippen LogP contribution in [0.2, 0.25) is 0 Å². The maximum Gasteiger partial charge on any atom is 0.193 e. The molecule has 0 saturated carbocycles. The van der Waals surface area contributed by atoms with Gasteiger partial charge in [-0.15, -0.1) is 0 Å². The predicted octanol–water partition coefficient (Wildman–Crippen LogP) is 2.15. The normalized spacial score (nSPS) is 17.6. The first-order valence-electron chi connectivity index (χ1n) is 9.00. The maximum absolute atomic E-state index is 5.66. The summed E-state index contributed by atoms with van der Waals surface area (Å²) in [7, 11) is 3.76. The molecular formula is C19H31N3O3. The Hall–Kier alpha value is -1.79. The van der Waals surface area contributed by atoms with E-state index in [1.54, 1.807) is 7.11 Å². The molecule has 1 aromatic rings. The van der Waals surface area contributed by atoms with Gasteiger partial charge in [0, 0.05) is 39.8 Å². The van der Waals surface area contributed by atoms with Crippen molar-refractivity contribution < 1.29 is 14.2 Å². The Bertz CT molecular complexity index is 530. The van der Waals surface area contributed by atoms with Gasteiger partial charge in [0.2, 0.25) is 0 Å². The average molecular weight is 349 g/mol. The fourth-order valence-corrected chi connectivity index (χ4v) is 2.81. The summed E-state index contributed by atoms with van der Waals surface area (Å²) in [5.74, 6) is 2.37. The number of aliphatic imine (C=N–C) groups is 1. The molecule has 0 aliphatic carbocycles. The number of hydrogen-bond acceptors (Lipinski definition) is 4. The quantitative estimate of drug-likeness (QED) is 0.421. The van der Waals surface area contributed by atoms with E-state index in [0.29, 0.717) is 25.7 Å². The van der Waals surface area contributed by atoms with Gasteiger partial charge in [0.25, 0.3) is 0 Å². The summed E-state index contributed by atoms with van der Waals surface area (Å²) >= 11 is 0. The van der Waals surface area contributed by atoms with E-state index in [0.717, 1.165) is 50.0 Å². The molecule has 1 heterocycles. The monoisotopic (exact) mass is 349 g/mol. The van der Waals surface area contributed by atoms with Crippen LogP contribution in [0.25, 0.3) is 0 Å². The Morgan fingerprint density at radius 2 is 2.28 bits per heavy atom. The highest BCUT2D eigenvalue weighted by atomic mass is 16.5. The van der Waals surface area contributed by atoms with E-state index in [9.17, 15) is 0 Å². The second-order valence-electron chi connectivity index (χ2n) is 6.27. The number of benzene rings is 1. The van der Waals surface area contributed by atoms with Crippen LogP contribution < -0.4 is 10.1 Å². The summed E-state index contributed by atoms with van der Waals surface area (Å²) in [5.41, 5.74) is 1.13. The molecule has 1 aromatic carbocycles. The molecule has 0 amide bonds. The fourth-order valence-electron chi connectivity index (χ4n) is 2.81. The highest BCUT2D eigenvalue weighted by Crippen LogP contribution is 2.15. The Balaban J connectivity index is 1.93. The molecule has 1 saturated heterocycles. The molecule has 6 heteroatoms. The van der Waals surface area contributed by atoms with Crippen molar-refractivity contribution in [2.45, 2.75) is 19.9 Å². The minimum absolute atomic E-state index is 0.554. The molecule has 1 unspecified atom stereocenters. The van der Waals surface area contributed by atoms with Gasteiger partial charge in [-0.2, -0.15) is 0 Å². The van der Waals surface area contributed by atoms with Gasteiger partial charge in [-0.25, -0.2) is 4.99 Å². The van der Waals surface area contributed by atoms with Gasteiger partial charge in [0.1, 0.15) is 12.4 Å². The zero-order chi connectivity index (χ0) is 17.9. The van der Waals surface area contributed by atoms with E-state index in [1.807, 2.05) is 18.2 Å². The van der Waals surface area contributed by atoms with Crippen LogP contribution in [0.4, 0.5) is 0 Å². The van der Waals surface area contributed by atoms with Crippen molar-refractivity contribution in [3.05, 3.63) is 29.8 Å². The third-order valence-corrected chi connectivity index (χ3v) is 4.12. The molecule has 1 aliphatic heterocycles. The first-order chi connectivity index (χ1) is 12.2. The zero-order valence-corrected chi connectivity index (χ0v) is 15.7. The molecule has 6 nitrogen and oxygen atoms in total. The van der Waals surface area contributed by atoms with Crippen molar-refractivity contribution in [3.63, 3.8) is 0 Å². The van der Waals surface area contributed by atoms with Gasteiger partial charge in [-0.3, -0.25) is 0 Å². The van der Waals surface area contributed by atoms with Crippen LogP contribution >= 0.6 is 0 Å². The predicted molar refractivity (Wildman–Crippen MR) is 100 cm³/mol. The number of hydrogen-bond donors (Lipinski definition) is 1. The lowest BCUT2D eigenvalue weighted by Crippen LogP contribution is -2.41. The standard InChI is InChI=1S/C19H31N3O3/c1-4-20-19(22(2)14-17-8-9-24-15-17)21-13-16-6-5-7-18(12-16)25-11-10-23-3/h5-7,12,17H,4,8-11,13-15H2,1-3H3,(H,20,21). The average Bonchev–Trinajstić information content (AvgIpc) is 3.12. The van der Waals surface area contributed by atoms with Crippen LogP contribution in [-0.4, -0.2) is 64.5 Å². The number of guanidine groups is 1. The molecule has 1 N–H and O–H groups in total. The fraction of sp³-hybridized carbons (Fsp3) is 0.632. The molecule has 0 bridgehead atoms. The summed E-state index contributed by atoms with van der Waals surface area (Å²) in [6.45, 7) is 7.39. The Morgan fingerprint density at radius 3 is 3.00 bits per heavy atom. The number of rotatable bonds is 9. The maximum atomic E-state index is 5.66. The summed E-state index contributed by atoms with van der Waals surface area (Å²) in [4.78, 5) is 6.97. The van der Waals surface area contributed by atoms with Crippen molar-refractivity contribution in [2.24, 2.45) is 10.9 Å². The van der Waals surface area contributed by atoms with Crippen LogP contribution in [0.1, 0.15) is 18.9 Å². The summed E-state index contributed by atoms with van der Waals surface area (Å²) in [6.07, 6.45) is 1.13. The molecule has 25 heavy (non-hydrogen) atoms. The molecule has 1 fully saturated rings. The Morgan fingerprint density at radius 1 is 1.40 bits per heavy atom. The lowest BCUT2D eigenvalue weighted by molar-refractivity contribution is 0.146.